The highest BCUT2D eigenvalue weighted by Crippen LogP contribution is 2.56. The molecule has 1 aliphatic heterocycles. The molecule has 4 saturated carbocycles. The van der Waals surface area contributed by atoms with Crippen molar-refractivity contribution in [2.75, 3.05) is 12.4 Å². The summed E-state index contributed by atoms with van der Waals surface area (Å²) < 4.78 is 5.54. The maximum Gasteiger partial charge on any atom is 0.299 e. The van der Waals surface area contributed by atoms with Crippen LogP contribution in [0.1, 0.15) is 81.5 Å². The molecule has 2 aromatic carbocycles. The lowest BCUT2D eigenvalue weighted by Crippen LogP contribution is -2.54. The predicted molar refractivity (Wildman–Crippen MR) is 148 cm³/mol. The number of ether oxygens (including phenoxy) is 1. The molecule has 0 saturated heterocycles. The Hall–Kier alpha value is -2.93. The largest absolute Gasteiger partial charge is 0.497 e. The Kier molecular flexibility index (Phi) is 6.22. The molecular weight excluding hydrogens is 456 g/mol. The Balaban J connectivity index is 1.33. The zero-order valence-electron chi connectivity index (χ0n) is 22.5. The second-order valence-corrected chi connectivity index (χ2v) is 12.8. The average molecular weight is 497 g/mol. The summed E-state index contributed by atoms with van der Waals surface area (Å²) in [7, 11) is 1.71. The van der Waals surface area contributed by atoms with Crippen LogP contribution in [0, 0.1) is 36.0 Å². The fraction of sp³-hybridized carbons (Fsp3) is 0.545. The van der Waals surface area contributed by atoms with Crippen LogP contribution in [-0.2, 0) is 11.2 Å². The van der Waals surface area contributed by atoms with E-state index < -0.39 is 0 Å². The van der Waals surface area contributed by atoms with E-state index in [1.807, 2.05) is 11.0 Å². The van der Waals surface area contributed by atoms with Gasteiger partial charge in [0.2, 0.25) is 0 Å². The number of hydrogen-bond acceptors (Lipinski definition) is 3. The van der Waals surface area contributed by atoms with Crippen molar-refractivity contribution in [1.29, 1.82) is 0 Å². The minimum absolute atomic E-state index is 0.0537. The van der Waals surface area contributed by atoms with Gasteiger partial charge in [0.25, 0.3) is 5.91 Å². The van der Waals surface area contributed by atoms with E-state index in [2.05, 4.69) is 61.5 Å². The van der Waals surface area contributed by atoms with E-state index in [0.717, 1.165) is 47.5 Å². The first-order chi connectivity index (χ1) is 17.9. The van der Waals surface area contributed by atoms with Gasteiger partial charge in [-0.2, -0.15) is 0 Å². The van der Waals surface area contributed by atoms with Crippen LogP contribution in [0.2, 0.25) is 0 Å². The molecule has 0 aromatic heterocycles. The lowest BCUT2D eigenvalue weighted by molar-refractivity contribution is -0.130. The number of methoxy groups -OCH3 is 1. The van der Waals surface area contributed by atoms with Crippen LogP contribution >= 0.6 is 0 Å². The zero-order chi connectivity index (χ0) is 25.7. The quantitative estimate of drug-likeness (QED) is 0.458. The molecule has 7 rings (SSSR count). The molecule has 0 spiro atoms. The van der Waals surface area contributed by atoms with Crippen molar-refractivity contribution in [3.63, 3.8) is 0 Å². The van der Waals surface area contributed by atoms with Crippen molar-refractivity contribution < 1.29 is 9.53 Å². The van der Waals surface area contributed by atoms with E-state index in [0.29, 0.717) is 5.92 Å². The normalized spacial score (nSPS) is 31.6. The third kappa shape index (κ3) is 4.52. The number of nitrogens with zero attached hydrogens (tertiary/aromatic N) is 1. The first-order valence-corrected chi connectivity index (χ1v) is 14.2. The van der Waals surface area contributed by atoms with Gasteiger partial charge in [-0.15, -0.1) is 6.42 Å². The number of benzene rings is 2. The van der Waals surface area contributed by atoms with Crippen LogP contribution in [-0.4, -0.2) is 29.5 Å². The second-order valence-electron chi connectivity index (χ2n) is 12.8. The molecule has 1 N–H and O–H groups in total. The molecule has 37 heavy (non-hydrogen) atoms. The summed E-state index contributed by atoms with van der Waals surface area (Å²) in [4.78, 5) is 15.2. The summed E-state index contributed by atoms with van der Waals surface area (Å²) in [6, 6.07) is 15.0. The third-order valence-electron chi connectivity index (χ3n) is 9.55. The number of rotatable bonds is 6. The molecular formula is C33H40N2O2. The third-order valence-corrected chi connectivity index (χ3v) is 9.55. The van der Waals surface area contributed by atoms with E-state index in [-0.39, 0.29) is 23.5 Å². The number of amides is 1. The average Bonchev–Trinajstić information content (AvgIpc) is 2.86. The van der Waals surface area contributed by atoms with Crippen molar-refractivity contribution >= 4 is 11.6 Å². The van der Waals surface area contributed by atoms with Crippen molar-refractivity contribution in [2.24, 2.45) is 23.7 Å². The van der Waals surface area contributed by atoms with Crippen LogP contribution < -0.4 is 10.1 Å². The summed E-state index contributed by atoms with van der Waals surface area (Å²) in [6.07, 6.45) is 15.7. The molecule has 4 fully saturated rings. The minimum Gasteiger partial charge on any atom is -0.497 e. The van der Waals surface area contributed by atoms with E-state index >= 15 is 0 Å². The van der Waals surface area contributed by atoms with Crippen molar-refractivity contribution in [2.45, 2.75) is 82.8 Å². The number of terminal acetylenes is 1. The topological polar surface area (TPSA) is 41.6 Å². The Morgan fingerprint density at radius 3 is 2.30 bits per heavy atom. The molecule has 0 unspecified atom stereocenters. The molecule has 4 aliphatic carbocycles. The molecule has 194 valence electrons. The molecule has 1 amide bonds. The van der Waals surface area contributed by atoms with Crippen LogP contribution in [0.15, 0.2) is 42.5 Å². The van der Waals surface area contributed by atoms with E-state index in [1.165, 1.54) is 49.8 Å². The Morgan fingerprint density at radius 2 is 1.73 bits per heavy atom. The molecule has 1 heterocycles. The van der Waals surface area contributed by atoms with Gasteiger partial charge in [0.05, 0.1) is 13.2 Å². The van der Waals surface area contributed by atoms with Gasteiger partial charge in [0.15, 0.2) is 0 Å². The van der Waals surface area contributed by atoms with E-state index in [1.54, 1.807) is 7.11 Å². The van der Waals surface area contributed by atoms with Crippen LogP contribution in [0.3, 0.4) is 0 Å². The van der Waals surface area contributed by atoms with Crippen molar-refractivity contribution in [3.8, 4) is 18.1 Å². The Bertz CT molecular complexity index is 1170. The number of fused-ring (bicyclic) bond motifs is 1. The standard InChI is InChI=1S/C33H40N2O2/c1-5-31(36)35-28(12-21(2)3)16-26-17-29(37-4)10-11-30(26)32(35)25-6-8-27(9-7-25)34-33-18-22-13-23(19-33)15-24(14-22)20-33/h1,6-11,17,21-24,28,32,34H,12-16,18-20H2,2-4H3/t22?,23?,24?,28-,32-,33?/m0/s1. The van der Waals surface area contributed by atoms with Gasteiger partial charge < -0.3 is 15.0 Å². The molecule has 2 aromatic rings. The maximum atomic E-state index is 13.2. The van der Waals surface area contributed by atoms with Gasteiger partial charge in [-0.3, -0.25) is 4.79 Å². The predicted octanol–water partition coefficient (Wildman–Crippen LogP) is 6.60. The number of nitrogens with one attached hydrogen (secondary N) is 1. The van der Waals surface area contributed by atoms with Crippen LogP contribution in [0.4, 0.5) is 5.69 Å². The molecule has 4 nitrogen and oxygen atoms in total. The van der Waals surface area contributed by atoms with Gasteiger partial charge >= 0.3 is 0 Å². The van der Waals surface area contributed by atoms with Gasteiger partial charge in [-0.1, -0.05) is 32.0 Å². The molecule has 2 atom stereocenters. The van der Waals surface area contributed by atoms with E-state index in [4.69, 9.17) is 11.2 Å². The SMILES string of the molecule is C#CC(=O)N1[C@@H](CC(C)C)Cc2cc(OC)ccc2[C@@H]1c1ccc(NC23CC4CC(CC(C4)C2)C3)cc1. The summed E-state index contributed by atoms with van der Waals surface area (Å²) in [5.41, 5.74) is 4.97. The Morgan fingerprint density at radius 1 is 1.08 bits per heavy atom. The number of hydrogen-bond donors (Lipinski definition) is 1. The number of anilines is 1. The molecule has 0 radical (unpaired) electrons. The maximum absolute atomic E-state index is 13.2. The monoisotopic (exact) mass is 496 g/mol. The molecule has 4 heteroatoms. The summed E-state index contributed by atoms with van der Waals surface area (Å²) in [5.74, 6) is 6.26. The van der Waals surface area contributed by atoms with Gasteiger partial charge in [-0.05, 0) is 122 Å². The molecule has 4 bridgehead atoms. The molecule has 5 aliphatic rings. The fourth-order valence-corrected chi connectivity index (χ4v) is 8.62. The fourth-order valence-electron chi connectivity index (χ4n) is 8.62. The van der Waals surface area contributed by atoms with E-state index in [9.17, 15) is 4.79 Å². The van der Waals surface area contributed by atoms with Crippen LogP contribution in [0.25, 0.3) is 0 Å². The highest BCUT2D eigenvalue weighted by molar-refractivity contribution is 5.94. The summed E-state index contributed by atoms with van der Waals surface area (Å²) in [5, 5.41) is 4.00. The lowest BCUT2D eigenvalue weighted by Gasteiger charge is -2.57. The zero-order valence-corrected chi connectivity index (χ0v) is 22.5. The van der Waals surface area contributed by atoms with Crippen molar-refractivity contribution in [3.05, 3.63) is 59.2 Å². The minimum atomic E-state index is -0.229. The lowest BCUT2D eigenvalue weighted by atomic mass is 9.53. The van der Waals surface area contributed by atoms with Gasteiger partial charge in [0.1, 0.15) is 5.75 Å². The summed E-state index contributed by atoms with van der Waals surface area (Å²) >= 11 is 0. The van der Waals surface area contributed by atoms with Gasteiger partial charge in [-0.25, -0.2) is 0 Å². The smallest absolute Gasteiger partial charge is 0.299 e. The first kappa shape index (κ1) is 24.4. The highest BCUT2D eigenvalue weighted by Gasteiger charge is 2.51. The number of carbonyl (C=O) groups is 1. The van der Waals surface area contributed by atoms with Crippen LogP contribution in [0.5, 0.6) is 5.75 Å². The summed E-state index contributed by atoms with van der Waals surface area (Å²) in [6.45, 7) is 4.42. The highest BCUT2D eigenvalue weighted by atomic mass is 16.5. The Labute approximate surface area is 222 Å². The first-order valence-electron chi connectivity index (χ1n) is 14.2. The number of carbonyl (C=O) groups excluding carboxylic acids is 1. The van der Waals surface area contributed by atoms with Gasteiger partial charge in [0, 0.05) is 17.3 Å². The second kappa shape index (κ2) is 9.43. The van der Waals surface area contributed by atoms with Crippen molar-refractivity contribution in [1.82, 2.24) is 4.90 Å².